The summed E-state index contributed by atoms with van der Waals surface area (Å²) in [6.07, 6.45) is 1.64. The Bertz CT molecular complexity index is 824. The maximum absolute atomic E-state index is 12.1. The van der Waals surface area contributed by atoms with Gasteiger partial charge in [-0.1, -0.05) is 47.5 Å². The predicted molar refractivity (Wildman–Crippen MR) is 90.5 cm³/mol. The number of aromatic amines is 1. The van der Waals surface area contributed by atoms with Gasteiger partial charge in [0.2, 0.25) is 0 Å². The molecule has 0 spiro atoms. The first-order valence-corrected chi connectivity index (χ1v) is 7.72. The molecule has 0 saturated carbocycles. The Balaban J connectivity index is 1.58. The number of nitrogens with one attached hydrogen (secondary N) is 1. The average Bonchev–Trinajstić information content (AvgIpc) is 2.97. The number of halogens is 2. The number of benzene rings is 2. The number of H-pyrrole nitrogens is 1. The molecule has 0 aliphatic heterocycles. The summed E-state index contributed by atoms with van der Waals surface area (Å²) in [5, 5.41) is 1.66. The molecule has 0 fully saturated rings. The van der Waals surface area contributed by atoms with Crippen LogP contribution in [0.25, 0.3) is 10.9 Å². The molecule has 0 aliphatic rings. The second-order valence-corrected chi connectivity index (χ2v) is 5.60. The van der Waals surface area contributed by atoms with Crippen LogP contribution in [0.3, 0.4) is 0 Å². The number of hydrogen-bond acceptors (Lipinski definition) is 3. The molecule has 1 N–H and O–H groups in total. The van der Waals surface area contributed by atoms with E-state index in [1.165, 1.54) is 0 Å². The van der Waals surface area contributed by atoms with Gasteiger partial charge in [0.25, 0.3) is 0 Å². The topological polar surface area (TPSA) is 51.3 Å². The summed E-state index contributed by atoms with van der Waals surface area (Å²) in [6.45, 7) is 0.261. The summed E-state index contributed by atoms with van der Waals surface area (Å²) in [6, 6.07) is 12.6. The van der Waals surface area contributed by atoms with Crippen LogP contribution in [-0.2, 0) is 4.74 Å². The highest BCUT2D eigenvalue weighted by atomic mass is 35.5. The fraction of sp³-hybridized carbons (Fsp3) is 0.118. The maximum atomic E-state index is 12.1. The molecule has 2 aromatic carbocycles. The highest BCUT2D eigenvalue weighted by Gasteiger charge is 2.13. The number of hydrogen-bond donors (Lipinski definition) is 1. The third-order valence-electron chi connectivity index (χ3n) is 3.29. The van der Waals surface area contributed by atoms with E-state index in [-0.39, 0.29) is 13.2 Å². The first-order chi connectivity index (χ1) is 11.2. The molecule has 1 aromatic heterocycles. The molecule has 118 valence electrons. The van der Waals surface area contributed by atoms with Crippen LogP contribution in [0.1, 0.15) is 10.4 Å². The molecule has 0 atom stereocenters. The standard InChI is InChI=1S/C17H13Cl2NO3/c18-13-5-3-6-14(19)16(13)22-8-9-23-17(21)12-10-20-15-7-2-1-4-11(12)15/h1-7,10,20H,8-9H2. The van der Waals surface area contributed by atoms with Gasteiger partial charge in [0, 0.05) is 17.1 Å². The van der Waals surface area contributed by atoms with Crippen molar-refractivity contribution in [3.05, 3.63) is 64.3 Å². The molecule has 6 heteroatoms. The summed E-state index contributed by atoms with van der Waals surface area (Å²) < 4.78 is 10.7. The zero-order chi connectivity index (χ0) is 16.2. The second-order valence-electron chi connectivity index (χ2n) is 4.78. The molecule has 1 heterocycles. The zero-order valence-corrected chi connectivity index (χ0v) is 13.5. The summed E-state index contributed by atoms with van der Waals surface area (Å²) in [5.74, 6) is -0.0183. The number of esters is 1. The van der Waals surface area contributed by atoms with Gasteiger partial charge in [0.15, 0.2) is 5.75 Å². The van der Waals surface area contributed by atoms with Crippen molar-refractivity contribution < 1.29 is 14.3 Å². The largest absolute Gasteiger partial charge is 0.487 e. The van der Waals surface area contributed by atoms with Gasteiger partial charge in [-0.05, 0) is 18.2 Å². The number of ether oxygens (including phenoxy) is 2. The minimum atomic E-state index is -0.406. The fourth-order valence-electron chi connectivity index (χ4n) is 2.22. The van der Waals surface area contributed by atoms with Gasteiger partial charge in [-0.25, -0.2) is 4.79 Å². The zero-order valence-electron chi connectivity index (χ0n) is 12.0. The van der Waals surface area contributed by atoms with Gasteiger partial charge in [0.1, 0.15) is 13.2 Å². The first-order valence-electron chi connectivity index (χ1n) is 6.97. The van der Waals surface area contributed by atoms with Crippen molar-refractivity contribution in [2.24, 2.45) is 0 Å². The van der Waals surface area contributed by atoms with Crippen LogP contribution in [0.5, 0.6) is 5.75 Å². The number of fused-ring (bicyclic) bond motifs is 1. The quantitative estimate of drug-likeness (QED) is 0.536. The van der Waals surface area contributed by atoms with E-state index in [9.17, 15) is 4.79 Å². The Kier molecular flexibility index (Phi) is 4.74. The summed E-state index contributed by atoms with van der Waals surface area (Å²) in [7, 11) is 0. The third kappa shape index (κ3) is 3.44. The second kappa shape index (κ2) is 6.94. The van der Waals surface area contributed by atoms with E-state index in [0.29, 0.717) is 21.4 Å². The van der Waals surface area contributed by atoms with Crippen LogP contribution in [-0.4, -0.2) is 24.2 Å². The molecule has 0 amide bonds. The molecule has 3 aromatic rings. The minimum absolute atomic E-state index is 0.0971. The highest BCUT2D eigenvalue weighted by Crippen LogP contribution is 2.32. The van der Waals surface area contributed by atoms with E-state index in [1.54, 1.807) is 24.4 Å². The van der Waals surface area contributed by atoms with Crippen LogP contribution in [0, 0.1) is 0 Å². The smallest absolute Gasteiger partial charge is 0.340 e. The lowest BCUT2D eigenvalue weighted by Crippen LogP contribution is -2.12. The van der Waals surface area contributed by atoms with E-state index in [1.807, 2.05) is 24.3 Å². The molecule has 0 bridgehead atoms. The number of rotatable bonds is 5. The lowest BCUT2D eigenvalue weighted by molar-refractivity contribution is 0.0453. The van der Waals surface area contributed by atoms with E-state index in [0.717, 1.165) is 10.9 Å². The van der Waals surface area contributed by atoms with Crippen molar-refractivity contribution in [3.8, 4) is 5.75 Å². The Morgan fingerprint density at radius 3 is 2.52 bits per heavy atom. The van der Waals surface area contributed by atoms with Gasteiger partial charge >= 0.3 is 5.97 Å². The number of carbonyl (C=O) groups excluding carboxylic acids is 1. The number of carbonyl (C=O) groups is 1. The van der Waals surface area contributed by atoms with Crippen LogP contribution in [0.15, 0.2) is 48.7 Å². The van der Waals surface area contributed by atoms with Crippen LogP contribution in [0.4, 0.5) is 0 Å². The summed E-state index contributed by atoms with van der Waals surface area (Å²) in [4.78, 5) is 15.1. The number of para-hydroxylation sites is 2. The van der Waals surface area contributed by atoms with Crippen LogP contribution in [0.2, 0.25) is 10.0 Å². The van der Waals surface area contributed by atoms with Crippen molar-refractivity contribution in [2.45, 2.75) is 0 Å². The molecular weight excluding hydrogens is 337 g/mol. The SMILES string of the molecule is O=C(OCCOc1c(Cl)cccc1Cl)c1c[nH]c2ccccc12. The monoisotopic (exact) mass is 349 g/mol. The Labute approximate surface area is 142 Å². The molecular formula is C17H13Cl2NO3. The lowest BCUT2D eigenvalue weighted by Gasteiger charge is -2.10. The first kappa shape index (κ1) is 15.7. The van der Waals surface area contributed by atoms with Gasteiger partial charge in [0.05, 0.1) is 15.6 Å². The maximum Gasteiger partial charge on any atom is 0.340 e. The molecule has 0 aliphatic carbocycles. The Morgan fingerprint density at radius 1 is 1.00 bits per heavy atom. The van der Waals surface area contributed by atoms with Crippen molar-refractivity contribution in [1.29, 1.82) is 0 Å². The van der Waals surface area contributed by atoms with Gasteiger partial charge in [-0.3, -0.25) is 0 Å². The summed E-state index contributed by atoms with van der Waals surface area (Å²) in [5.41, 5.74) is 1.38. The van der Waals surface area contributed by atoms with Gasteiger partial charge in [-0.15, -0.1) is 0 Å². The highest BCUT2D eigenvalue weighted by molar-refractivity contribution is 6.37. The minimum Gasteiger partial charge on any atom is -0.487 e. The molecule has 0 saturated heterocycles. The van der Waals surface area contributed by atoms with Crippen molar-refractivity contribution in [2.75, 3.05) is 13.2 Å². The van der Waals surface area contributed by atoms with E-state index >= 15 is 0 Å². The molecule has 0 unspecified atom stereocenters. The van der Waals surface area contributed by atoms with Crippen molar-refractivity contribution >= 4 is 40.1 Å². The Hall–Kier alpha value is -2.17. The average molecular weight is 350 g/mol. The van der Waals surface area contributed by atoms with E-state index < -0.39 is 5.97 Å². The molecule has 3 rings (SSSR count). The van der Waals surface area contributed by atoms with Gasteiger partial charge in [-0.2, -0.15) is 0 Å². The predicted octanol–water partition coefficient (Wildman–Crippen LogP) is 4.71. The molecule has 0 radical (unpaired) electrons. The fourth-order valence-corrected chi connectivity index (χ4v) is 2.72. The normalized spacial score (nSPS) is 10.7. The van der Waals surface area contributed by atoms with Crippen molar-refractivity contribution in [1.82, 2.24) is 4.98 Å². The lowest BCUT2D eigenvalue weighted by atomic mass is 10.2. The summed E-state index contributed by atoms with van der Waals surface area (Å²) >= 11 is 12.0. The third-order valence-corrected chi connectivity index (χ3v) is 3.89. The van der Waals surface area contributed by atoms with Gasteiger partial charge < -0.3 is 14.5 Å². The molecule has 4 nitrogen and oxygen atoms in total. The van der Waals surface area contributed by atoms with E-state index in [2.05, 4.69) is 4.98 Å². The van der Waals surface area contributed by atoms with Crippen molar-refractivity contribution in [3.63, 3.8) is 0 Å². The molecule has 23 heavy (non-hydrogen) atoms. The van der Waals surface area contributed by atoms with Crippen LogP contribution < -0.4 is 4.74 Å². The number of aromatic nitrogens is 1. The van der Waals surface area contributed by atoms with Crippen LogP contribution >= 0.6 is 23.2 Å². The Morgan fingerprint density at radius 2 is 1.74 bits per heavy atom. The van der Waals surface area contributed by atoms with E-state index in [4.69, 9.17) is 32.7 Å².